The number of aryl methyl sites for hydroxylation is 2. The van der Waals surface area contributed by atoms with Crippen LogP contribution in [0.1, 0.15) is 28.5 Å². The largest absolute Gasteiger partial charge is 0.379 e. The first-order valence-electron chi connectivity index (χ1n) is 8.87. The van der Waals surface area contributed by atoms with Gasteiger partial charge in [0.2, 0.25) is 10.0 Å². The van der Waals surface area contributed by atoms with Crippen molar-refractivity contribution < 1.29 is 17.9 Å². The summed E-state index contributed by atoms with van der Waals surface area (Å²) in [6.45, 7) is 5.10. The lowest BCUT2D eigenvalue weighted by atomic mass is 10.1. The van der Waals surface area contributed by atoms with Gasteiger partial charge in [0.1, 0.15) is 5.82 Å². The second-order valence-corrected chi connectivity index (χ2v) is 8.22. The number of hydrogen-bond donors (Lipinski definition) is 1. The van der Waals surface area contributed by atoms with Gasteiger partial charge in [0.05, 0.1) is 18.1 Å². The van der Waals surface area contributed by atoms with Gasteiger partial charge in [-0.3, -0.25) is 4.79 Å². The molecule has 2 heterocycles. The van der Waals surface area contributed by atoms with Crippen molar-refractivity contribution in [2.75, 3.05) is 31.6 Å². The summed E-state index contributed by atoms with van der Waals surface area (Å²) >= 11 is 0. The average molecular weight is 389 g/mol. The van der Waals surface area contributed by atoms with Crippen LogP contribution in [0.25, 0.3) is 0 Å². The zero-order chi connectivity index (χ0) is 19.4. The van der Waals surface area contributed by atoms with Crippen molar-refractivity contribution >= 4 is 21.7 Å². The van der Waals surface area contributed by atoms with Crippen LogP contribution >= 0.6 is 0 Å². The smallest absolute Gasteiger partial charge is 0.256 e. The number of nitrogens with one attached hydrogen (secondary N) is 1. The zero-order valence-corrected chi connectivity index (χ0v) is 16.3. The summed E-state index contributed by atoms with van der Waals surface area (Å²) in [6.07, 6.45) is 0.556. The van der Waals surface area contributed by atoms with Crippen molar-refractivity contribution in [3.8, 4) is 0 Å². The van der Waals surface area contributed by atoms with Crippen molar-refractivity contribution in [3.05, 3.63) is 53.2 Å². The van der Waals surface area contributed by atoms with Crippen molar-refractivity contribution in [3.63, 3.8) is 0 Å². The fourth-order valence-corrected chi connectivity index (χ4v) is 4.68. The third-order valence-corrected chi connectivity index (χ3v) is 6.41. The third kappa shape index (κ3) is 4.35. The Morgan fingerprint density at radius 3 is 2.63 bits per heavy atom. The van der Waals surface area contributed by atoms with E-state index in [4.69, 9.17) is 4.74 Å². The predicted octanol–water partition coefficient (Wildman–Crippen LogP) is 2.23. The second kappa shape index (κ2) is 8.16. The molecule has 1 N–H and O–H groups in total. The van der Waals surface area contributed by atoms with E-state index in [1.165, 1.54) is 10.4 Å². The number of amides is 1. The Labute approximate surface area is 159 Å². The molecule has 0 saturated carbocycles. The molecule has 8 heteroatoms. The van der Waals surface area contributed by atoms with E-state index in [9.17, 15) is 13.2 Å². The molecule has 2 aromatic rings. The maximum absolute atomic E-state index is 13.1. The highest BCUT2D eigenvalue weighted by atomic mass is 32.2. The molecule has 1 saturated heterocycles. The summed E-state index contributed by atoms with van der Waals surface area (Å²) in [6, 6.07) is 10.1. The van der Waals surface area contributed by atoms with Gasteiger partial charge >= 0.3 is 0 Å². The Morgan fingerprint density at radius 2 is 1.96 bits per heavy atom. The maximum atomic E-state index is 13.1. The number of nitrogens with zero attached hydrogens (tertiary/aromatic N) is 2. The molecule has 1 aliphatic heterocycles. The van der Waals surface area contributed by atoms with E-state index in [-0.39, 0.29) is 10.5 Å². The van der Waals surface area contributed by atoms with Crippen LogP contribution in [0.2, 0.25) is 0 Å². The summed E-state index contributed by atoms with van der Waals surface area (Å²) in [5, 5.41) is 2.72. The minimum Gasteiger partial charge on any atom is -0.379 e. The number of hydrogen-bond acceptors (Lipinski definition) is 5. The molecular formula is C19H23N3O4S. The lowest BCUT2D eigenvalue weighted by molar-refractivity contribution is 0.0730. The van der Waals surface area contributed by atoms with Crippen LogP contribution in [0.4, 0.5) is 5.82 Å². The minimum atomic E-state index is -3.68. The van der Waals surface area contributed by atoms with E-state index < -0.39 is 15.9 Å². The third-order valence-electron chi connectivity index (χ3n) is 4.43. The van der Waals surface area contributed by atoms with E-state index in [0.717, 1.165) is 5.69 Å². The number of carbonyl (C=O) groups excluding carboxylic acids is 1. The molecule has 7 nitrogen and oxygen atoms in total. The van der Waals surface area contributed by atoms with Gasteiger partial charge in [0.15, 0.2) is 0 Å². The van der Waals surface area contributed by atoms with E-state index >= 15 is 0 Å². The minimum absolute atomic E-state index is 0.178. The second-order valence-electron chi connectivity index (χ2n) is 6.31. The Kier molecular flexibility index (Phi) is 5.88. The Hall–Kier alpha value is -2.29. The SMILES string of the molecule is CCc1ccc(C(=O)Nc2cccc(C)n2)cc1S(=O)(=O)N1CCOCC1. The summed E-state index contributed by atoms with van der Waals surface area (Å²) in [4.78, 5) is 17.0. The van der Waals surface area contributed by atoms with Crippen LogP contribution in [0, 0.1) is 6.92 Å². The van der Waals surface area contributed by atoms with Crippen LogP contribution in [0.15, 0.2) is 41.3 Å². The highest BCUT2D eigenvalue weighted by Crippen LogP contribution is 2.24. The first-order valence-corrected chi connectivity index (χ1v) is 10.3. The highest BCUT2D eigenvalue weighted by molar-refractivity contribution is 7.89. The number of sulfonamides is 1. The van der Waals surface area contributed by atoms with Gasteiger partial charge in [-0.2, -0.15) is 4.31 Å². The summed E-state index contributed by atoms with van der Waals surface area (Å²) in [5.41, 5.74) is 1.75. The molecule has 1 aromatic heterocycles. The first kappa shape index (κ1) is 19.5. The lowest BCUT2D eigenvalue weighted by Gasteiger charge is -2.27. The molecule has 144 valence electrons. The highest BCUT2D eigenvalue weighted by Gasteiger charge is 2.29. The van der Waals surface area contributed by atoms with Crippen molar-refractivity contribution in [1.82, 2.24) is 9.29 Å². The Bertz CT molecular complexity index is 938. The molecule has 1 aliphatic rings. The molecule has 0 bridgehead atoms. The van der Waals surface area contributed by atoms with Crippen LogP contribution in [0.3, 0.4) is 0 Å². The topological polar surface area (TPSA) is 88.6 Å². The monoisotopic (exact) mass is 389 g/mol. The number of ether oxygens (including phenoxy) is 1. The van der Waals surface area contributed by atoms with E-state index in [1.807, 2.05) is 19.9 Å². The quantitative estimate of drug-likeness (QED) is 0.847. The van der Waals surface area contributed by atoms with E-state index in [0.29, 0.717) is 44.1 Å². The standard InChI is InChI=1S/C19H23N3O4S/c1-3-15-7-8-16(19(23)21-18-6-4-5-14(2)20-18)13-17(15)27(24,25)22-9-11-26-12-10-22/h4-8,13H,3,9-12H2,1-2H3,(H,20,21,23). The maximum Gasteiger partial charge on any atom is 0.256 e. The molecule has 0 atom stereocenters. The van der Waals surface area contributed by atoms with E-state index in [2.05, 4.69) is 10.3 Å². The number of benzene rings is 1. The van der Waals surface area contributed by atoms with Gasteiger partial charge in [-0.05, 0) is 43.2 Å². The number of carbonyl (C=O) groups is 1. The number of morpholine rings is 1. The summed E-state index contributed by atoms with van der Waals surface area (Å²) < 4.78 is 32.8. The Balaban J connectivity index is 1.92. The number of rotatable bonds is 5. The first-order chi connectivity index (χ1) is 12.9. The molecule has 1 amide bonds. The normalized spacial score (nSPS) is 15.5. The molecular weight excluding hydrogens is 366 g/mol. The fourth-order valence-electron chi connectivity index (χ4n) is 2.96. The fraction of sp³-hybridized carbons (Fsp3) is 0.368. The van der Waals surface area contributed by atoms with Gasteiger partial charge < -0.3 is 10.1 Å². The van der Waals surface area contributed by atoms with Gasteiger partial charge in [-0.1, -0.05) is 19.1 Å². The molecule has 0 radical (unpaired) electrons. The van der Waals surface area contributed by atoms with E-state index in [1.54, 1.807) is 24.3 Å². The van der Waals surface area contributed by atoms with Gasteiger partial charge in [-0.25, -0.2) is 13.4 Å². The lowest BCUT2D eigenvalue weighted by Crippen LogP contribution is -2.41. The molecule has 0 unspecified atom stereocenters. The van der Waals surface area contributed by atoms with Crippen molar-refractivity contribution in [1.29, 1.82) is 0 Å². The Morgan fingerprint density at radius 1 is 1.22 bits per heavy atom. The van der Waals surface area contributed by atoms with Gasteiger partial charge in [-0.15, -0.1) is 0 Å². The molecule has 1 fully saturated rings. The van der Waals surface area contributed by atoms with Crippen LogP contribution in [0.5, 0.6) is 0 Å². The number of anilines is 1. The van der Waals surface area contributed by atoms with Gasteiger partial charge in [0, 0.05) is 24.3 Å². The molecule has 0 aliphatic carbocycles. The zero-order valence-electron chi connectivity index (χ0n) is 15.4. The summed E-state index contributed by atoms with van der Waals surface area (Å²) in [5.74, 6) is 0.0336. The van der Waals surface area contributed by atoms with Crippen LogP contribution < -0.4 is 5.32 Å². The van der Waals surface area contributed by atoms with Crippen LogP contribution in [-0.2, 0) is 21.2 Å². The number of aromatic nitrogens is 1. The van der Waals surface area contributed by atoms with Crippen molar-refractivity contribution in [2.45, 2.75) is 25.2 Å². The van der Waals surface area contributed by atoms with Crippen LogP contribution in [-0.4, -0.2) is 49.9 Å². The summed E-state index contributed by atoms with van der Waals surface area (Å²) in [7, 11) is -3.68. The number of pyridine rings is 1. The molecule has 0 spiro atoms. The van der Waals surface area contributed by atoms with Gasteiger partial charge in [0.25, 0.3) is 5.91 Å². The predicted molar refractivity (Wildman–Crippen MR) is 102 cm³/mol. The molecule has 1 aromatic carbocycles. The van der Waals surface area contributed by atoms with Crippen molar-refractivity contribution in [2.24, 2.45) is 0 Å². The molecule has 27 heavy (non-hydrogen) atoms. The molecule has 3 rings (SSSR count). The average Bonchev–Trinajstić information content (AvgIpc) is 2.68.